The highest BCUT2D eigenvalue weighted by atomic mass is 35.5. The van der Waals surface area contributed by atoms with Crippen molar-refractivity contribution in [3.63, 3.8) is 0 Å². The Morgan fingerprint density at radius 3 is 2.71 bits per heavy atom. The van der Waals surface area contributed by atoms with Gasteiger partial charge in [-0.25, -0.2) is 0 Å². The summed E-state index contributed by atoms with van der Waals surface area (Å²) in [6.45, 7) is 2.11. The number of allylic oxidation sites excluding steroid dienone is 1. The Bertz CT molecular complexity index is 262. The van der Waals surface area contributed by atoms with E-state index in [9.17, 15) is 4.91 Å². The van der Waals surface area contributed by atoms with Gasteiger partial charge in [0.25, 0.3) is 0 Å². The molecule has 0 bridgehead atoms. The van der Waals surface area contributed by atoms with Crippen molar-refractivity contribution in [1.82, 2.24) is 5.01 Å². The molecule has 14 heavy (non-hydrogen) atoms. The van der Waals surface area contributed by atoms with Crippen LogP contribution < -0.4 is 0 Å². The van der Waals surface area contributed by atoms with Crippen molar-refractivity contribution < 1.29 is 0 Å². The minimum Gasteiger partial charge on any atom is -0.288 e. The second-order valence-corrected chi connectivity index (χ2v) is 2.96. The number of hydrogen-bond acceptors (Lipinski definition) is 4. The van der Waals surface area contributed by atoms with Gasteiger partial charge in [0.05, 0.1) is 17.5 Å². The minimum atomic E-state index is -0.179. The van der Waals surface area contributed by atoms with Crippen LogP contribution in [0.4, 0.5) is 0 Å². The molecule has 0 aliphatic heterocycles. The predicted octanol–water partition coefficient (Wildman–Crippen LogP) is 2.18. The monoisotopic (exact) mass is 216 g/mol. The maximum Gasteiger partial charge on any atom is 0.144 e. The summed E-state index contributed by atoms with van der Waals surface area (Å²) in [5.74, 6) is 0. The first-order chi connectivity index (χ1) is 6.61. The van der Waals surface area contributed by atoms with Gasteiger partial charge in [0.15, 0.2) is 0 Å². The maximum atomic E-state index is 10.1. The molecule has 78 valence electrons. The average Bonchev–Trinajstić information content (AvgIpc) is 2.16. The van der Waals surface area contributed by atoms with Crippen molar-refractivity contribution in [3.8, 4) is 0 Å². The number of hydrogen-bond donors (Lipinski definition) is 1. The van der Waals surface area contributed by atoms with Gasteiger partial charge in [-0.15, -0.1) is 4.91 Å². The molecule has 0 aromatic heterocycles. The molecule has 0 aromatic rings. The van der Waals surface area contributed by atoms with Crippen LogP contribution in [0.3, 0.4) is 0 Å². The van der Waals surface area contributed by atoms with E-state index in [-0.39, 0.29) is 11.7 Å². The number of nitrogens with zero attached hydrogens (tertiary/aromatic N) is 3. The zero-order chi connectivity index (χ0) is 11.0. The summed E-state index contributed by atoms with van der Waals surface area (Å²) in [7, 11) is 1.49. The van der Waals surface area contributed by atoms with E-state index in [0.29, 0.717) is 5.71 Å². The fraction of sp³-hybridized carbons (Fsp3) is 0.500. The predicted molar refractivity (Wildman–Crippen MR) is 58.9 cm³/mol. The van der Waals surface area contributed by atoms with Crippen molar-refractivity contribution in [2.75, 3.05) is 13.6 Å². The van der Waals surface area contributed by atoms with Crippen LogP contribution in [0.25, 0.3) is 0 Å². The lowest BCUT2D eigenvalue weighted by Crippen LogP contribution is -2.24. The van der Waals surface area contributed by atoms with Crippen molar-refractivity contribution in [1.29, 1.82) is 5.41 Å². The Labute approximate surface area is 87.9 Å². The average molecular weight is 217 g/mol. The Kier molecular flexibility index (Phi) is 6.57. The zero-order valence-electron chi connectivity index (χ0n) is 8.20. The highest BCUT2D eigenvalue weighted by molar-refractivity contribution is 6.83. The van der Waals surface area contributed by atoms with E-state index in [1.165, 1.54) is 7.05 Å². The number of nitrogens with one attached hydrogen (secondary N) is 1. The molecule has 0 fully saturated rings. The van der Waals surface area contributed by atoms with Gasteiger partial charge in [0.2, 0.25) is 0 Å². The van der Waals surface area contributed by atoms with E-state index >= 15 is 0 Å². The Morgan fingerprint density at radius 2 is 2.29 bits per heavy atom. The number of aliphatic imine (C=N–C) groups is 1. The summed E-state index contributed by atoms with van der Waals surface area (Å²) in [5.41, 5.74) is 0.318. The smallest absolute Gasteiger partial charge is 0.144 e. The third-order valence-electron chi connectivity index (χ3n) is 1.34. The molecule has 0 saturated carbocycles. The van der Waals surface area contributed by atoms with Gasteiger partial charge in [0, 0.05) is 13.2 Å². The van der Waals surface area contributed by atoms with Crippen LogP contribution in [0, 0.1) is 10.3 Å². The number of nitroso groups, excluding NO2 is 1. The fourth-order valence-corrected chi connectivity index (χ4v) is 0.769. The van der Waals surface area contributed by atoms with Crippen LogP contribution >= 0.6 is 11.6 Å². The Morgan fingerprint density at radius 1 is 1.64 bits per heavy atom. The molecule has 0 aromatic carbocycles. The zero-order valence-corrected chi connectivity index (χ0v) is 8.95. The van der Waals surface area contributed by atoms with Crippen molar-refractivity contribution in [3.05, 3.63) is 17.2 Å². The van der Waals surface area contributed by atoms with Gasteiger partial charge >= 0.3 is 0 Å². The summed E-state index contributed by atoms with van der Waals surface area (Å²) in [6.07, 6.45) is 4.24. The molecule has 0 unspecified atom stereocenters. The van der Waals surface area contributed by atoms with Crippen LogP contribution in [-0.4, -0.2) is 29.5 Å². The molecule has 1 N–H and O–H groups in total. The Hall–Kier alpha value is -1.23. The maximum absolute atomic E-state index is 10.1. The molecular formula is C8H13ClN4O. The molecule has 0 amide bonds. The topological polar surface area (TPSA) is 68.9 Å². The summed E-state index contributed by atoms with van der Waals surface area (Å²) in [6, 6.07) is 0. The van der Waals surface area contributed by atoms with Crippen LogP contribution in [0.5, 0.6) is 0 Å². The van der Waals surface area contributed by atoms with Gasteiger partial charge in [-0.05, 0) is 6.42 Å². The fourth-order valence-electron chi connectivity index (χ4n) is 0.661. The third kappa shape index (κ3) is 5.42. The normalized spacial score (nSPS) is 11.8. The van der Waals surface area contributed by atoms with Gasteiger partial charge < -0.3 is 0 Å². The molecule has 0 atom stereocenters. The van der Waals surface area contributed by atoms with Gasteiger partial charge in [-0.1, -0.05) is 24.6 Å². The van der Waals surface area contributed by atoms with E-state index in [0.717, 1.165) is 11.4 Å². The van der Waals surface area contributed by atoms with E-state index in [1.807, 2.05) is 13.0 Å². The van der Waals surface area contributed by atoms with Crippen LogP contribution in [0.15, 0.2) is 22.6 Å². The molecular weight excluding hydrogens is 204 g/mol. The SMILES string of the molecule is CC/C=C\N=C(\CN(C)N=O)C(=N)Cl. The molecule has 5 nitrogen and oxygen atoms in total. The second-order valence-electron chi connectivity index (χ2n) is 2.58. The summed E-state index contributed by atoms with van der Waals surface area (Å²) >= 11 is 5.47. The molecule has 0 aliphatic rings. The van der Waals surface area contributed by atoms with E-state index in [4.69, 9.17) is 17.0 Å². The van der Waals surface area contributed by atoms with Crippen molar-refractivity contribution in [2.45, 2.75) is 13.3 Å². The van der Waals surface area contributed by atoms with Gasteiger partial charge in [-0.2, -0.15) is 0 Å². The lowest BCUT2D eigenvalue weighted by Gasteiger charge is -2.08. The largest absolute Gasteiger partial charge is 0.288 e. The molecule has 0 rings (SSSR count). The van der Waals surface area contributed by atoms with Gasteiger partial charge in [0.1, 0.15) is 5.17 Å². The highest BCUT2D eigenvalue weighted by Gasteiger charge is 2.06. The summed E-state index contributed by atoms with van der Waals surface area (Å²) < 4.78 is 0. The number of halogens is 1. The standard InChI is InChI=1S/C8H13ClN4O/c1-3-4-5-11-7(8(9)10)6-13(2)12-14/h4-5,10H,3,6H2,1-2H3/b5-4-,10-8?,11-7-. The van der Waals surface area contributed by atoms with Crippen LogP contribution in [0.1, 0.15) is 13.3 Å². The molecule has 6 heteroatoms. The molecule has 0 heterocycles. The minimum absolute atomic E-state index is 0.139. The molecule has 0 radical (unpaired) electrons. The van der Waals surface area contributed by atoms with Crippen molar-refractivity contribution >= 4 is 22.5 Å². The Balaban J connectivity index is 4.43. The van der Waals surface area contributed by atoms with E-state index in [1.54, 1.807) is 6.20 Å². The quantitative estimate of drug-likeness (QED) is 0.420. The summed E-state index contributed by atoms with van der Waals surface area (Å²) in [5, 5.41) is 10.8. The van der Waals surface area contributed by atoms with E-state index in [2.05, 4.69) is 10.3 Å². The molecule has 0 aliphatic carbocycles. The lowest BCUT2D eigenvalue weighted by atomic mass is 10.4. The third-order valence-corrected chi connectivity index (χ3v) is 1.56. The first-order valence-corrected chi connectivity index (χ1v) is 4.50. The first kappa shape index (κ1) is 12.8. The van der Waals surface area contributed by atoms with E-state index < -0.39 is 0 Å². The molecule has 0 saturated heterocycles. The second kappa shape index (κ2) is 7.20. The van der Waals surface area contributed by atoms with Crippen molar-refractivity contribution in [2.24, 2.45) is 10.3 Å². The number of rotatable bonds is 6. The van der Waals surface area contributed by atoms with Gasteiger partial charge in [-0.3, -0.25) is 15.4 Å². The van der Waals surface area contributed by atoms with Crippen LogP contribution in [0.2, 0.25) is 0 Å². The lowest BCUT2D eigenvalue weighted by molar-refractivity contribution is 0.402. The highest BCUT2D eigenvalue weighted by Crippen LogP contribution is 1.94. The molecule has 0 spiro atoms. The summed E-state index contributed by atoms with van der Waals surface area (Å²) in [4.78, 5) is 14.0. The first-order valence-electron chi connectivity index (χ1n) is 4.12. The van der Waals surface area contributed by atoms with Crippen LogP contribution in [-0.2, 0) is 0 Å².